The largest absolute Gasteiger partial charge is 0.394 e. The van der Waals surface area contributed by atoms with E-state index in [-0.39, 0.29) is 0 Å². The smallest absolute Gasteiger partial charge is 0.187 e. The maximum atomic E-state index is 11.1. The molecular weight excluding hydrogens is 776 g/mol. The summed E-state index contributed by atoms with van der Waals surface area (Å²) >= 11 is 0. The zero-order chi connectivity index (χ0) is 41.3. The van der Waals surface area contributed by atoms with Crippen LogP contribution in [0.1, 0.15) is 0 Å². The molecule has 5 heterocycles. The van der Waals surface area contributed by atoms with Crippen LogP contribution in [0, 0.1) is 0 Å². The van der Waals surface area contributed by atoms with E-state index in [1.165, 1.54) is 0 Å². The summed E-state index contributed by atoms with van der Waals surface area (Å²) in [5.74, 6) is 0. The average molecular weight is 829 g/mol. The Kier molecular flexibility index (Phi) is 16.1. The summed E-state index contributed by atoms with van der Waals surface area (Å²) in [4.78, 5) is 0. The Balaban J connectivity index is 1.22. The van der Waals surface area contributed by atoms with Gasteiger partial charge in [0.1, 0.15) is 122 Å². The van der Waals surface area contributed by atoms with Gasteiger partial charge in [0.2, 0.25) is 0 Å². The summed E-state index contributed by atoms with van der Waals surface area (Å²) in [5, 5.41) is 176. The Morgan fingerprint density at radius 1 is 0.268 bits per heavy atom. The van der Waals surface area contributed by atoms with Gasteiger partial charge >= 0.3 is 0 Å². The Bertz CT molecular complexity index is 1200. The van der Waals surface area contributed by atoms with Gasteiger partial charge in [0, 0.05) is 0 Å². The number of aliphatic hydroxyl groups excluding tert-OH is 17. The lowest BCUT2D eigenvalue weighted by Crippen LogP contribution is -2.68. The molecule has 5 fully saturated rings. The van der Waals surface area contributed by atoms with E-state index in [4.69, 9.17) is 42.6 Å². The van der Waals surface area contributed by atoms with E-state index in [0.29, 0.717) is 0 Å². The molecule has 0 amide bonds. The van der Waals surface area contributed by atoms with Gasteiger partial charge in [-0.05, 0) is 0 Å². The van der Waals surface area contributed by atoms with Crippen LogP contribution in [0.2, 0.25) is 0 Å². The minimum Gasteiger partial charge on any atom is -0.394 e. The topological polar surface area (TPSA) is 427 Å². The van der Waals surface area contributed by atoms with Crippen molar-refractivity contribution in [3.05, 3.63) is 0 Å². The van der Waals surface area contributed by atoms with Crippen molar-refractivity contribution in [1.29, 1.82) is 0 Å². The van der Waals surface area contributed by atoms with Crippen molar-refractivity contribution in [2.45, 2.75) is 154 Å². The van der Waals surface area contributed by atoms with Crippen molar-refractivity contribution in [2.24, 2.45) is 0 Å². The van der Waals surface area contributed by atoms with E-state index in [9.17, 15) is 86.8 Å². The van der Waals surface area contributed by atoms with Gasteiger partial charge in [-0.25, -0.2) is 0 Å². The zero-order valence-electron chi connectivity index (χ0n) is 29.2. The van der Waals surface area contributed by atoms with Crippen molar-refractivity contribution < 1.29 is 129 Å². The first kappa shape index (κ1) is 46.0. The van der Waals surface area contributed by atoms with Crippen molar-refractivity contribution in [3.8, 4) is 0 Å². The van der Waals surface area contributed by atoms with E-state index < -0.39 is 187 Å². The van der Waals surface area contributed by atoms with Gasteiger partial charge in [0.25, 0.3) is 0 Å². The van der Waals surface area contributed by atoms with Gasteiger partial charge in [0.15, 0.2) is 31.5 Å². The predicted octanol–water partition coefficient (Wildman–Crippen LogP) is -11.9. The van der Waals surface area contributed by atoms with Crippen molar-refractivity contribution in [2.75, 3.05) is 33.0 Å². The van der Waals surface area contributed by atoms with Crippen LogP contribution in [0.4, 0.5) is 0 Å². The molecule has 26 nitrogen and oxygen atoms in total. The first-order valence-corrected chi connectivity index (χ1v) is 17.6. The van der Waals surface area contributed by atoms with Crippen molar-refractivity contribution >= 4 is 0 Å². The molecule has 56 heavy (non-hydrogen) atoms. The van der Waals surface area contributed by atoms with Crippen LogP contribution in [0.15, 0.2) is 0 Å². The van der Waals surface area contributed by atoms with Gasteiger partial charge < -0.3 is 129 Å². The van der Waals surface area contributed by atoms with Gasteiger partial charge in [-0.2, -0.15) is 0 Å². The van der Waals surface area contributed by atoms with Crippen LogP contribution in [-0.2, 0) is 42.6 Å². The molecule has 26 heteroatoms. The average Bonchev–Trinajstić information content (AvgIpc) is 3.19. The first-order chi connectivity index (χ1) is 26.5. The molecule has 5 aliphatic rings. The molecule has 0 aromatic rings. The number of ether oxygens (including phenoxy) is 9. The number of hydrogen-bond donors (Lipinski definition) is 17. The van der Waals surface area contributed by atoms with Gasteiger partial charge in [-0.1, -0.05) is 0 Å². The van der Waals surface area contributed by atoms with E-state index in [1.54, 1.807) is 0 Å². The Hall–Kier alpha value is -1.04. The lowest BCUT2D eigenvalue weighted by molar-refractivity contribution is -0.392. The second-order valence-electron chi connectivity index (χ2n) is 13.9. The van der Waals surface area contributed by atoms with E-state index in [2.05, 4.69) is 0 Å². The summed E-state index contributed by atoms with van der Waals surface area (Å²) in [6.45, 7) is -4.51. The fourth-order valence-electron chi connectivity index (χ4n) is 7.03. The molecule has 0 aliphatic carbocycles. The highest BCUT2D eigenvalue weighted by atomic mass is 16.8. The molecule has 17 N–H and O–H groups in total. The van der Waals surface area contributed by atoms with Crippen LogP contribution in [-0.4, -0.2) is 273 Å². The minimum absolute atomic E-state index is 0.811. The molecule has 5 saturated heterocycles. The Labute approximate surface area is 316 Å². The molecule has 0 radical (unpaired) electrons. The van der Waals surface area contributed by atoms with Crippen LogP contribution in [0.3, 0.4) is 0 Å². The summed E-state index contributed by atoms with van der Waals surface area (Å²) in [6.07, 6.45) is -45.8. The van der Waals surface area contributed by atoms with Crippen LogP contribution >= 0.6 is 0 Å². The second kappa shape index (κ2) is 19.6. The summed E-state index contributed by atoms with van der Waals surface area (Å²) < 4.78 is 49.1. The Morgan fingerprint density at radius 2 is 0.518 bits per heavy atom. The zero-order valence-corrected chi connectivity index (χ0v) is 29.2. The molecule has 0 bridgehead atoms. The summed E-state index contributed by atoms with van der Waals surface area (Å²) in [5.41, 5.74) is 0. The van der Waals surface area contributed by atoms with Gasteiger partial charge in [-0.15, -0.1) is 0 Å². The molecule has 25 atom stereocenters. The molecule has 0 unspecified atom stereocenters. The monoisotopic (exact) mass is 828 g/mol. The SMILES string of the molecule is OC[C@H]1O[C@H](O[C@H]2[C@@H](O)[C@@H](O)[C@H](O[C@@H]3[C@@H](O)[C@@H](O)[C@@H](O[C@H]4[C@@H](O)[C@H](O)[C@@H](O[C@@H]5[C@H](O)[C@@H](O)[C@H](O)O[C@@H]5CO)O[C@@H]4CO)O[C@@H]3CO)O[C@@H]2CO)[C@H](O)[C@@H](O)[C@@H]1O. The lowest BCUT2D eigenvalue weighted by atomic mass is 9.95. The van der Waals surface area contributed by atoms with E-state index in [0.717, 1.165) is 0 Å². The third kappa shape index (κ3) is 9.16. The van der Waals surface area contributed by atoms with E-state index >= 15 is 0 Å². The van der Waals surface area contributed by atoms with E-state index in [1.807, 2.05) is 0 Å². The van der Waals surface area contributed by atoms with Crippen molar-refractivity contribution in [3.63, 3.8) is 0 Å². The van der Waals surface area contributed by atoms with Crippen molar-refractivity contribution in [1.82, 2.24) is 0 Å². The second-order valence-corrected chi connectivity index (χ2v) is 13.9. The Morgan fingerprint density at radius 3 is 0.821 bits per heavy atom. The first-order valence-electron chi connectivity index (χ1n) is 17.6. The predicted molar refractivity (Wildman–Crippen MR) is 167 cm³/mol. The minimum atomic E-state index is -2.12. The number of aliphatic hydroxyl groups is 17. The lowest BCUT2D eigenvalue weighted by Gasteiger charge is -2.49. The van der Waals surface area contributed by atoms with Crippen LogP contribution in [0.5, 0.6) is 0 Å². The fraction of sp³-hybridized carbons (Fsp3) is 1.00. The fourth-order valence-corrected chi connectivity index (χ4v) is 7.03. The highest BCUT2D eigenvalue weighted by Crippen LogP contribution is 2.35. The molecular formula is C30H52O26. The normalized spacial score (nSPS) is 53.2. The quantitative estimate of drug-likeness (QED) is 0.0819. The molecule has 0 aromatic heterocycles. The third-order valence-corrected chi connectivity index (χ3v) is 10.3. The summed E-state index contributed by atoms with van der Waals surface area (Å²) in [6, 6.07) is 0. The van der Waals surface area contributed by atoms with Crippen LogP contribution in [0.25, 0.3) is 0 Å². The highest BCUT2D eigenvalue weighted by Gasteiger charge is 2.56. The number of rotatable bonds is 13. The molecule has 0 saturated carbocycles. The third-order valence-electron chi connectivity index (χ3n) is 10.3. The molecule has 0 aromatic carbocycles. The summed E-state index contributed by atoms with van der Waals surface area (Å²) in [7, 11) is 0. The standard InChI is InChI=1S/C30H52O26/c31-1-6-11(36)12(37)18(43)27(49-6)54-23-8(3-33)51-29(20(45)14(23)39)56-25-10(5-35)52-30(21(46)16(25)41)55-24-9(4-34)50-28(19(44)15(24)40)53-22-7(2-32)48-26(47)17(42)13(22)38/h6-47H,1-5H2/t6-,7-,8-,9-,10-,11-,12+,13-,14+,15+,16+,17-,18-,19+,20-,21-,22+,23-,24-,25+,26-,27-,28-,29+,30-/m1/s1. The maximum absolute atomic E-state index is 11.1. The molecule has 5 aliphatic heterocycles. The highest BCUT2D eigenvalue weighted by molar-refractivity contribution is 4.99. The molecule has 0 spiro atoms. The number of hydrogen-bond acceptors (Lipinski definition) is 26. The van der Waals surface area contributed by atoms with Gasteiger partial charge in [0.05, 0.1) is 33.0 Å². The maximum Gasteiger partial charge on any atom is 0.187 e. The van der Waals surface area contributed by atoms with Crippen LogP contribution < -0.4 is 0 Å². The molecule has 5 rings (SSSR count). The molecule has 328 valence electrons. The van der Waals surface area contributed by atoms with Gasteiger partial charge in [-0.3, -0.25) is 0 Å².